The minimum Gasteiger partial charge on any atom is -0.385 e. The number of ether oxygens (including phenoxy) is 1. The van der Waals surface area contributed by atoms with E-state index < -0.39 is 15.9 Å². The van der Waals surface area contributed by atoms with Crippen LogP contribution in [-0.2, 0) is 14.8 Å². The van der Waals surface area contributed by atoms with Crippen molar-refractivity contribution in [1.82, 2.24) is 5.32 Å². The van der Waals surface area contributed by atoms with Crippen molar-refractivity contribution >= 4 is 27.5 Å². The van der Waals surface area contributed by atoms with Crippen LogP contribution in [0, 0.1) is 6.92 Å². The average Bonchev–Trinajstić information content (AvgIpc) is 2.37. The number of primary sulfonamides is 1. The van der Waals surface area contributed by atoms with Gasteiger partial charge in [-0.1, -0.05) is 11.6 Å². The van der Waals surface area contributed by atoms with Gasteiger partial charge in [-0.05, 0) is 38.0 Å². The van der Waals surface area contributed by atoms with Crippen LogP contribution in [0.1, 0.15) is 29.3 Å². The topological polar surface area (TPSA) is 98.5 Å². The summed E-state index contributed by atoms with van der Waals surface area (Å²) in [6.07, 6.45) is 0.643. The molecule has 8 heteroatoms. The molecular formula is C13H19ClN2O4S. The lowest BCUT2D eigenvalue weighted by Crippen LogP contribution is -2.34. The Morgan fingerprint density at radius 2 is 2.10 bits per heavy atom. The third-order valence-corrected chi connectivity index (χ3v) is 4.31. The van der Waals surface area contributed by atoms with Crippen LogP contribution in [0.2, 0.25) is 5.02 Å². The van der Waals surface area contributed by atoms with Gasteiger partial charge < -0.3 is 10.1 Å². The first-order valence-electron chi connectivity index (χ1n) is 6.29. The zero-order valence-corrected chi connectivity index (χ0v) is 13.7. The molecule has 0 radical (unpaired) electrons. The predicted octanol–water partition coefficient (Wildman–Crippen LogP) is 1.45. The number of halogens is 1. The lowest BCUT2D eigenvalue weighted by atomic mass is 10.1. The summed E-state index contributed by atoms with van der Waals surface area (Å²) in [5.41, 5.74) is 0.691. The number of methoxy groups -OCH3 is 1. The van der Waals surface area contributed by atoms with Gasteiger partial charge in [0.05, 0.1) is 4.90 Å². The third-order valence-electron chi connectivity index (χ3n) is 3.02. The van der Waals surface area contributed by atoms with E-state index in [1.807, 2.05) is 6.92 Å². The Labute approximate surface area is 129 Å². The van der Waals surface area contributed by atoms with Crippen molar-refractivity contribution in [3.05, 3.63) is 28.3 Å². The van der Waals surface area contributed by atoms with Crippen molar-refractivity contribution in [3.8, 4) is 0 Å². The molecule has 1 rings (SSSR count). The van der Waals surface area contributed by atoms with Crippen LogP contribution in [0.4, 0.5) is 0 Å². The summed E-state index contributed by atoms with van der Waals surface area (Å²) in [7, 11) is -2.35. The fraction of sp³-hybridized carbons (Fsp3) is 0.462. The monoisotopic (exact) mass is 334 g/mol. The van der Waals surface area contributed by atoms with E-state index in [1.165, 1.54) is 12.1 Å². The molecule has 0 aliphatic rings. The number of sulfonamides is 1. The summed E-state index contributed by atoms with van der Waals surface area (Å²) in [6, 6.07) is 2.35. The van der Waals surface area contributed by atoms with Crippen molar-refractivity contribution in [1.29, 1.82) is 0 Å². The van der Waals surface area contributed by atoms with Gasteiger partial charge in [0.25, 0.3) is 5.91 Å². The molecule has 1 atom stereocenters. The van der Waals surface area contributed by atoms with Crippen LogP contribution in [0.3, 0.4) is 0 Å². The molecule has 1 amide bonds. The molecule has 3 N–H and O–H groups in total. The van der Waals surface area contributed by atoms with Gasteiger partial charge in [-0.25, -0.2) is 13.6 Å². The van der Waals surface area contributed by atoms with Gasteiger partial charge in [-0.3, -0.25) is 4.79 Å². The number of carbonyl (C=O) groups is 1. The average molecular weight is 335 g/mol. The molecule has 0 saturated carbocycles. The van der Waals surface area contributed by atoms with Crippen LogP contribution in [0.5, 0.6) is 0 Å². The molecule has 0 aromatic heterocycles. The second-order valence-corrected chi connectivity index (χ2v) is 6.75. The van der Waals surface area contributed by atoms with E-state index in [-0.39, 0.29) is 21.5 Å². The molecule has 0 fully saturated rings. The Hall–Kier alpha value is -1.15. The molecule has 21 heavy (non-hydrogen) atoms. The van der Waals surface area contributed by atoms with E-state index in [2.05, 4.69) is 5.32 Å². The molecule has 0 spiro atoms. The minimum atomic E-state index is -3.93. The van der Waals surface area contributed by atoms with Crippen LogP contribution in [0.25, 0.3) is 0 Å². The van der Waals surface area contributed by atoms with Gasteiger partial charge in [0.1, 0.15) is 0 Å². The SMILES string of the molecule is COCCC(C)NC(=O)c1cc(S(N)(=O)=O)cc(Cl)c1C. The van der Waals surface area contributed by atoms with Gasteiger partial charge in [-0.15, -0.1) is 0 Å². The Morgan fingerprint density at radius 1 is 1.48 bits per heavy atom. The van der Waals surface area contributed by atoms with Crippen LogP contribution in [-0.4, -0.2) is 34.1 Å². The smallest absolute Gasteiger partial charge is 0.251 e. The molecule has 0 heterocycles. The van der Waals surface area contributed by atoms with E-state index in [0.29, 0.717) is 18.6 Å². The van der Waals surface area contributed by atoms with Crippen molar-refractivity contribution in [2.45, 2.75) is 31.2 Å². The number of nitrogens with two attached hydrogens (primary N) is 1. The number of amides is 1. The van der Waals surface area contributed by atoms with Crippen LogP contribution >= 0.6 is 11.6 Å². The van der Waals surface area contributed by atoms with Crippen molar-refractivity contribution < 1.29 is 17.9 Å². The summed E-state index contributed by atoms with van der Waals surface area (Å²) in [6.45, 7) is 3.99. The highest BCUT2D eigenvalue weighted by molar-refractivity contribution is 7.89. The zero-order valence-electron chi connectivity index (χ0n) is 12.1. The van der Waals surface area contributed by atoms with E-state index in [1.54, 1.807) is 14.0 Å². The Morgan fingerprint density at radius 3 is 2.62 bits per heavy atom. The molecule has 6 nitrogen and oxygen atoms in total. The van der Waals surface area contributed by atoms with Gasteiger partial charge in [0.15, 0.2) is 0 Å². The highest BCUT2D eigenvalue weighted by Gasteiger charge is 2.18. The Kier molecular flexibility index (Phi) is 6.15. The van der Waals surface area contributed by atoms with Crippen molar-refractivity contribution in [2.24, 2.45) is 5.14 Å². The Bertz CT molecular complexity index is 631. The number of nitrogens with one attached hydrogen (secondary N) is 1. The largest absolute Gasteiger partial charge is 0.385 e. The Balaban J connectivity index is 3.06. The zero-order chi connectivity index (χ0) is 16.2. The minimum absolute atomic E-state index is 0.117. The van der Waals surface area contributed by atoms with E-state index in [4.69, 9.17) is 21.5 Å². The normalized spacial score (nSPS) is 13.0. The number of benzene rings is 1. The molecule has 0 aliphatic heterocycles. The van der Waals surface area contributed by atoms with E-state index in [9.17, 15) is 13.2 Å². The van der Waals surface area contributed by atoms with Gasteiger partial charge in [0, 0.05) is 30.3 Å². The fourth-order valence-corrected chi connectivity index (χ4v) is 2.57. The van der Waals surface area contributed by atoms with Crippen LogP contribution in [0.15, 0.2) is 17.0 Å². The van der Waals surface area contributed by atoms with Crippen molar-refractivity contribution in [3.63, 3.8) is 0 Å². The molecule has 1 aromatic carbocycles. The third kappa shape index (κ3) is 4.96. The van der Waals surface area contributed by atoms with Gasteiger partial charge in [-0.2, -0.15) is 0 Å². The summed E-state index contributed by atoms with van der Waals surface area (Å²) >= 11 is 5.97. The van der Waals surface area contributed by atoms with E-state index in [0.717, 1.165) is 0 Å². The maximum atomic E-state index is 12.2. The second-order valence-electron chi connectivity index (χ2n) is 4.78. The highest BCUT2D eigenvalue weighted by Crippen LogP contribution is 2.24. The summed E-state index contributed by atoms with van der Waals surface area (Å²) < 4.78 is 27.7. The summed E-state index contributed by atoms with van der Waals surface area (Å²) in [5.74, 6) is -0.400. The fourth-order valence-electron chi connectivity index (χ4n) is 1.72. The lowest BCUT2D eigenvalue weighted by Gasteiger charge is -2.15. The van der Waals surface area contributed by atoms with E-state index >= 15 is 0 Å². The lowest BCUT2D eigenvalue weighted by molar-refractivity contribution is 0.0928. The first-order chi connectivity index (χ1) is 9.66. The molecule has 0 bridgehead atoms. The first kappa shape index (κ1) is 17.9. The maximum absolute atomic E-state index is 12.2. The molecule has 118 valence electrons. The molecule has 0 saturated heterocycles. The number of hydrogen-bond donors (Lipinski definition) is 2. The first-order valence-corrected chi connectivity index (χ1v) is 8.22. The highest BCUT2D eigenvalue weighted by atomic mass is 35.5. The maximum Gasteiger partial charge on any atom is 0.251 e. The number of rotatable bonds is 6. The summed E-state index contributed by atoms with van der Waals surface area (Å²) in [5, 5.41) is 8.02. The quantitative estimate of drug-likeness (QED) is 0.822. The molecule has 1 aromatic rings. The van der Waals surface area contributed by atoms with Crippen molar-refractivity contribution in [2.75, 3.05) is 13.7 Å². The number of hydrogen-bond acceptors (Lipinski definition) is 4. The molecule has 0 aliphatic carbocycles. The molecular weight excluding hydrogens is 316 g/mol. The van der Waals surface area contributed by atoms with Crippen LogP contribution < -0.4 is 10.5 Å². The predicted molar refractivity (Wildman–Crippen MR) is 81.0 cm³/mol. The van der Waals surface area contributed by atoms with Gasteiger partial charge >= 0.3 is 0 Å². The standard InChI is InChI=1S/C13H19ClN2O4S/c1-8(4-5-20-3)16-13(17)11-6-10(21(15,18)19)7-12(14)9(11)2/h6-8H,4-5H2,1-3H3,(H,16,17)(H2,15,18,19). The van der Waals surface area contributed by atoms with Gasteiger partial charge in [0.2, 0.25) is 10.0 Å². The summed E-state index contributed by atoms with van der Waals surface area (Å²) in [4.78, 5) is 12.0. The molecule has 1 unspecified atom stereocenters. The second kappa shape index (κ2) is 7.22. The number of carbonyl (C=O) groups excluding carboxylic acids is 1.